The molecule has 0 aromatic heterocycles. The molecule has 2 aliphatic rings. The molecule has 0 aromatic rings. The fourth-order valence-electron chi connectivity index (χ4n) is 3.19. The van der Waals surface area contributed by atoms with E-state index in [9.17, 15) is 14.4 Å². The Morgan fingerprint density at radius 1 is 1.19 bits per heavy atom. The van der Waals surface area contributed by atoms with Gasteiger partial charge in [-0.25, -0.2) is 0 Å². The maximum atomic E-state index is 12.0. The van der Waals surface area contributed by atoms with Gasteiger partial charge in [-0.3, -0.25) is 14.4 Å². The van der Waals surface area contributed by atoms with E-state index in [0.29, 0.717) is 6.54 Å². The van der Waals surface area contributed by atoms with Crippen LogP contribution < -0.4 is 0 Å². The van der Waals surface area contributed by atoms with E-state index in [4.69, 9.17) is 4.74 Å². The Morgan fingerprint density at radius 3 is 2.43 bits per heavy atom. The molecule has 5 nitrogen and oxygen atoms in total. The number of hydrogen-bond acceptors (Lipinski definition) is 4. The number of esters is 1. The first-order valence-electron chi connectivity index (χ1n) is 7.98. The number of rotatable bonds is 5. The molecule has 5 heteroatoms. The third-order valence-corrected chi connectivity index (χ3v) is 4.53. The normalized spacial score (nSPS) is 23.7. The maximum Gasteiger partial charge on any atom is 0.311 e. The number of likely N-dealkylation sites (tertiary alicyclic amines) is 1. The molecule has 0 bridgehead atoms. The maximum absolute atomic E-state index is 12.0. The molecule has 1 aliphatic carbocycles. The second-order valence-electron chi connectivity index (χ2n) is 6.45. The molecule has 1 atom stereocenters. The van der Waals surface area contributed by atoms with Crippen LogP contribution in [0.5, 0.6) is 0 Å². The van der Waals surface area contributed by atoms with E-state index >= 15 is 0 Å². The van der Waals surface area contributed by atoms with Crippen LogP contribution in [0.3, 0.4) is 0 Å². The number of hydrogen-bond donors (Lipinski definition) is 0. The van der Waals surface area contributed by atoms with Gasteiger partial charge in [0.05, 0.1) is 5.92 Å². The van der Waals surface area contributed by atoms with Crippen LogP contribution in [0.4, 0.5) is 0 Å². The van der Waals surface area contributed by atoms with E-state index in [-0.39, 0.29) is 36.7 Å². The van der Waals surface area contributed by atoms with Gasteiger partial charge in [-0.05, 0) is 26.7 Å². The molecule has 1 saturated carbocycles. The number of amides is 1. The predicted molar refractivity (Wildman–Crippen MR) is 77.5 cm³/mol. The molecule has 2 rings (SSSR count). The first kappa shape index (κ1) is 16.0. The van der Waals surface area contributed by atoms with E-state index in [0.717, 1.165) is 25.7 Å². The van der Waals surface area contributed by atoms with E-state index in [1.165, 1.54) is 6.42 Å². The Balaban J connectivity index is 1.77. The lowest BCUT2D eigenvalue weighted by Crippen LogP contribution is -2.33. The van der Waals surface area contributed by atoms with Gasteiger partial charge in [0.2, 0.25) is 5.91 Å². The van der Waals surface area contributed by atoms with E-state index in [1.807, 2.05) is 13.8 Å². The molecule has 1 heterocycles. The monoisotopic (exact) mass is 295 g/mol. The molecule has 1 saturated heterocycles. The SMILES string of the molecule is CC(C)N1CC(C(=O)OCC(=O)C2CCCCC2)CC1=O. The summed E-state index contributed by atoms with van der Waals surface area (Å²) in [6.45, 7) is 4.14. The van der Waals surface area contributed by atoms with Gasteiger partial charge < -0.3 is 9.64 Å². The third-order valence-electron chi connectivity index (χ3n) is 4.53. The van der Waals surface area contributed by atoms with Crippen molar-refractivity contribution < 1.29 is 19.1 Å². The second kappa shape index (κ2) is 7.05. The largest absolute Gasteiger partial charge is 0.457 e. The topological polar surface area (TPSA) is 63.7 Å². The number of Topliss-reactive ketones (excluding diaryl/α,β-unsaturated/α-hetero) is 1. The molecule has 1 aliphatic heterocycles. The fraction of sp³-hybridized carbons (Fsp3) is 0.812. The highest BCUT2D eigenvalue weighted by atomic mass is 16.5. The van der Waals surface area contributed by atoms with Crippen molar-refractivity contribution in [2.24, 2.45) is 11.8 Å². The number of carbonyl (C=O) groups is 3. The van der Waals surface area contributed by atoms with Crippen molar-refractivity contribution in [3.05, 3.63) is 0 Å². The zero-order chi connectivity index (χ0) is 15.4. The predicted octanol–water partition coefficient (Wildman–Crippen LogP) is 1.94. The summed E-state index contributed by atoms with van der Waals surface area (Å²) in [5, 5.41) is 0. The van der Waals surface area contributed by atoms with Gasteiger partial charge in [0.1, 0.15) is 6.61 Å². The number of ether oxygens (including phenoxy) is 1. The second-order valence-corrected chi connectivity index (χ2v) is 6.45. The van der Waals surface area contributed by atoms with Gasteiger partial charge in [0.25, 0.3) is 0 Å². The van der Waals surface area contributed by atoms with Gasteiger partial charge in [-0.2, -0.15) is 0 Å². The Labute approximate surface area is 126 Å². The van der Waals surface area contributed by atoms with Gasteiger partial charge in [0, 0.05) is 24.9 Å². The van der Waals surface area contributed by atoms with Gasteiger partial charge >= 0.3 is 5.97 Å². The molecule has 1 unspecified atom stereocenters. The minimum atomic E-state index is -0.418. The highest BCUT2D eigenvalue weighted by Gasteiger charge is 2.36. The van der Waals surface area contributed by atoms with Crippen molar-refractivity contribution in [3.63, 3.8) is 0 Å². The highest BCUT2D eigenvalue weighted by molar-refractivity contribution is 5.89. The van der Waals surface area contributed by atoms with Crippen molar-refractivity contribution in [2.45, 2.75) is 58.4 Å². The van der Waals surface area contributed by atoms with Crippen molar-refractivity contribution in [2.75, 3.05) is 13.2 Å². The lowest BCUT2D eigenvalue weighted by Gasteiger charge is -2.21. The van der Waals surface area contributed by atoms with Crippen LogP contribution in [-0.4, -0.2) is 41.8 Å². The molecule has 118 valence electrons. The average molecular weight is 295 g/mol. The first-order valence-corrected chi connectivity index (χ1v) is 7.98. The molecule has 0 aromatic carbocycles. The van der Waals surface area contributed by atoms with Crippen LogP contribution in [-0.2, 0) is 19.1 Å². The molecular formula is C16H25NO4. The minimum absolute atomic E-state index is 0.00874. The summed E-state index contributed by atoms with van der Waals surface area (Å²) in [6.07, 6.45) is 5.40. The Morgan fingerprint density at radius 2 is 1.86 bits per heavy atom. The summed E-state index contributed by atoms with van der Waals surface area (Å²) < 4.78 is 5.15. The molecule has 21 heavy (non-hydrogen) atoms. The highest BCUT2D eigenvalue weighted by Crippen LogP contribution is 2.25. The summed E-state index contributed by atoms with van der Waals surface area (Å²) in [7, 11) is 0. The van der Waals surface area contributed by atoms with Crippen LogP contribution in [0.2, 0.25) is 0 Å². The lowest BCUT2D eigenvalue weighted by atomic mass is 9.86. The standard InChI is InChI=1S/C16H25NO4/c1-11(2)17-9-13(8-15(17)19)16(20)21-10-14(18)12-6-4-3-5-7-12/h11-13H,3-10H2,1-2H3. The quantitative estimate of drug-likeness (QED) is 0.727. The lowest BCUT2D eigenvalue weighted by molar-refractivity contribution is -0.153. The van der Waals surface area contributed by atoms with Gasteiger partial charge in [-0.1, -0.05) is 19.3 Å². The van der Waals surface area contributed by atoms with Crippen molar-refractivity contribution in [3.8, 4) is 0 Å². The van der Waals surface area contributed by atoms with Crippen LogP contribution in [0.1, 0.15) is 52.4 Å². The number of nitrogens with zero attached hydrogens (tertiary/aromatic N) is 1. The summed E-state index contributed by atoms with van der Waals surface area (Å²) in [4.78, 5) is 37.4. The van der Waals surface area contributed by atoms with Gasteiger partial charge in [0.15, 0.2) is 5.78 Å². The summed E-state index contributed by atoms with van der Waals surface area (Å²) in [6, 6.07) is 0.0965. The summed E-state index contributed by atoms with van der Waals surface area (Å²) >= 11 is 0. The molecular weight excluding hydrogens is 270 g/mol. The Kier molecular flexibility index (Phi) is 5.37. The number of carbonyl (C=O) groups excluding carboxylic acids is 3. The number of ketones is 1. The van der Waals surface area contributed by atoms with Crippen molar-refractivity contribution >= 4 is 17.7 Å². The molecule has 0 spiro atoms. The first-order chi connectivity index (χ1) is 9.99. The third kappa shape index (κ3) is 4.05. The van der Waals surface area contributed by atoms with Crippen LogP contribution in [0.25, 0.3) is 0 Å². The van der Waals surface area contributed by atoms with E-state index in [2.05, 4.69) is 0 Å². The summed E-state index contributed by atoms with van der Waals surface area (Å²) in [5.74, 6) is -0.739. The van der Waals surface area contributed by atoms with Gasteiger partial charge in [-0.15, -0.1) is 0 Å². The van der Waals surface area contributed by atoms with Crippen molar-refractivity contribution in [1.29, 1.82) is 0 Å². The zero-order valence-corrected chi connectivity index (χ0v) is 13.0. The van der Waals surface area contributed by atoms with Crippen LogP contribution in [0, 0.1) is 11.8 Å². The molecule has 1 amide bonds. The zero-order valence-electron chi connectivity index (χ0n) is 13.0. The van der Waals surface area contributed by atoms with Crippen LogP contribution >= 0.6 is 0 Å². The van der Waals surface area contributed by atoms with E-state index < -0.39 is 11.9 Å². The average Bonchev–Trinajstić information content (AvgIpc) is 2.87. The Hall–Kier alpha value is -1.39. The Bertz CT molecular complexity index is 413. The fourth-order valence-corrected chi connectivity index (χ4v) is 3.19. The molecule has 0 N–H and O–H groups in total. The molecule has 2 fully saturated rings. The van der Waals surface area contributed by atoms with Crippen LogP contribution in [0.15, 0.2) is 0 Å². The van der Waals surface area contributed by atoms with E-state index in [1.54, 1.807) is 4.90 Å². The smallest absolute Gasteiger partial charge is 0.311 e. The molecule has 0 radical (unpaired) electrons. The summed E-state index contributed by atoms with van der Waals surface area (Å²) in [5.41, 5.74) is 0. The minimum Gasteiger partial charge on any atom is -0.457 e. The van der Waals surface area contributed by atoms with Crippen molar-refractivity contribution in [1.82, 2.24) is 4.90 Å².